The summed E-state index contributed by atoms with van der Waals surface area (Å²) in [7, 11) is 0. The average Bonchev–Trinajstić information content (AvgIpc) is 3.33. The zero-order valence-corrected chi connectivity index (χ0v) is 24.6. The highest BCUT2D eigenvalue weighted by atomic mass is 16.7. The summed E-state index contributed by atoms with van der Waals surface area (Å²) in [5.74, 6) is 7.29. The van der Waals surface area contributed by atoms with Gasteiger partial charge in [-0.1, -0.05) is 50.8 Å². The van der Waals surface area contributed by atoms with Crippen molar-refractivity contribution in [3.05, 3.63) is 65.5 Å². The fourth-order valence-electron chi connectivity index (χ4n) is 7.31. The molecule has 2 bridgehead atoms. The fourth-order valence-corrected chi connectivity index (χ4v) is 7.31. The van der Waals surface area contributed by atoms with Gasteiger partial charge in [-0.05, 0) is 72.8 Å². The number of fused-ring (bicyclic) bond motifs is 2. The van der Waals surface area contributed by atoms with Crippen LogP contribution in [0.3, 0.4) is 0 Å². The summed E-state index contributed by atoms with van der Waals surface area (Å²) < 4.78 is 0. The van der Waals surface area contributed by atoms with Gasteiger partial charge in [-0.3, -0.25) is 14.6 Å². The Morgan fingerprint density at radius 1 is 1.24 bits per heavy atom. The van der Waals surface area contributed by atoms with Gasteiger partial charge < -0.3 is 20.8 Å². The van der Waals surface area contributed by atoms with E-state index in [-0.39, 0.29) is 18.6 Å². The number of aliphatic hydroxyl groups excluding tert-OH is 2. The van der Waals surface area contributed by atoms with E-state index < -0.39 is 24.2 Å². The molecule has 8 nitrogen and oxygen atoms in total. The molecule has 41 heavy (non-hydrogen) atoms. The van der Waals surface area contributed by atoms with Crippen molar-refractivity contribution in [1.29, 1.82) is 0 Å². The molecule has 2 aromatic rings. The molecule has 1 aliphatic heterocycles. The van der Waals surface area contributed by atoms with Crippen molar-refractivity contribution in [3.63, 3.8) is 0 Å². The van der Waals surface area contributed by atoms with E-state index in [9.17, 15) is 15.0 Å². The summed E-state index contributed by atoms with van der Waals surface area (Å²) >= 11 is 0. The van der Waals surface area contributed by atoms with Crippen LogP contribution < -0.4 is 10.6 Å². The first kappa shape index (κ1) is 29.7. The van der Waals surface area contributed by atoms with Gasteiger partial charge in [0, 0.05) is 30.3 Å². The number of benzene rings is 1. The maximum absolute atomic E-state index is 13.8. The number of pyridine rings is 1. The number of nitrogens with zero attached hydrogens (tertiary/aromatic N) is 2. The van der Waals surface area contributed by atoms with Crippen molar-refractivity contribution in [3.8, 4) is 11.8 Å². The van der Waals surface area contributed by atoms with Crippen LogP contribution in [0, 0.1) is 40.9 Å². The minimum Gasteiger partial charge on any atom is -0.394 e. The van der Waals surface area contributed by atoms with E-state index in [0.29, 0.717) is 42.8 Å². The van der Waals surface area contributed by atoms with Gasteiger partial charge in [0.2, 0.25) is 5.91 Å². The molecule has 0 spiro atoms. The van der Waals surface area contributed by atoms with Crippen molar-refractivity contribution < 1.29 is 19.8 Å². The molecule has 1 amide bonds. The van der Waals surface area contributed by atoms with Gasteiger partial charge in [0.15, 0.2) is 0 Å². The molecule has 3 aliphatic carbocycles. The molecule has 4 aliphatic rings. The fraction of sp³-hybridized carbons (Fsp3) is 0.576. The molecule has 1 aromatic carbocycles. The summed E-state index contributed by atoms with van der Waals surface area (Å²) in [6, 6.07) is 13.1. The summed E-state index contributed by atoms with van der Waals surface area (Å²) in [6.45, 7) is 9.86. The van der Waals surface area contributed by atoms with Gasteiger partial charge in [0.05, 0.1) is 31.5 Å². The number of carbonyl (C=O) groups excluding carboxylic acids is 1. The second kappa shape index (κ2) is 12.6. The topological polar surface area (TPSA) is 107 Å². The van der Waals surface area contributed by atoms with Gasteiger partial charge in [-0.15, -0.1) is 0 Å². The SMILES string of the molecule is C[C@@H]1[C@@H](NC(=O)[C@@H]2C([C@H](C)O)[C@H](CO)ON2Cc2cccc(C#CCNCc3ccccn3)c2)C[C@H]2C[C@@H]1C2(C)C. The maximum atomic E-state index is 13.8. The van der Waals surface area contributed by atoms with Crippen LogP contribution in [0.4, 0.5) is 0 Å². The molecule has 1 unspecified atom stereocenters. The summed E-state index contributed by atoms with van der Waals surface area (Å²) in [5.41, 5.74) is 3.10. The van der Waals surface area contributed by atoms with Crippen LogP contribution in [0.25, 0.3) is 0 Å². The van der Waals surface area contributed by atoms with Crippen LogP contribution >= 0.6 is 0 Å². The molecular formula is C33H44N4O4. The van der Waals surface area contributed by atoms with Gasteiger partial charge >= 0.3 is 0 Å². The Labute approximate surface area is 243 Å². The highest BCUT2D eigenvalue weighted by molar-refractivity contribution is 5.82. The number of aliphatic hydroxyl groups is 2. The van der Waals surface area contributed by atoms with Crippen molar-refractivity contribution >= 4 is 5.91 Å². The van der Waals surface area contributed by atoms with Crippen LogP contribution in [0.15, 0.2) is 48.7 Å². The van der Waals surface area contributed by atoms with Crippen molar-refractivity contribution in [1.82, 2.24) is 20.7 Å². The Hall–Kier alpha value is -2.80. The molecule has 4 N–H and O–H groups in total. The van der Waals surface area contributed by atoms with Crippen LogP contribution in [-0.4, -0.2) is 63.6 Å². The lowest BCUT2D eigenvalue weighted by Gasteiger charge is -2.62. The monoisotopic (exact) mass is 560 g/mol. The Morgan fingerprint density at radius 2 is 2.07 bits per heavy atom. The lowest BCUT2D eigenvalue weighted by atomic mass is 9.45. The smallest absolute Gasteiger partial charge is 0.240 e. The Morgan fingerprint density at radius 3 is 2.76 bits per heavy atom. The van der Waals surface area contributed by atoms with E-state index in [1.54, 1.807) is 18.2 Å². The number of amides is 1. The minimum absolute atomic E-state index is 0.105. The van der Waals surface area contributed by atoms with Crippen molar-refractivity contribution in [2.75, 3.05) is 13.2 Å². The van der Waals surface area contributed by atoms with E-state index in [1.807, 2.05) is 42.5 Å². The quantitative estimate of drug-likeness (QED) is 0.276. The number of carbonyl (C=O) groups is 1. The van der Waals surface area contributed by atoms with E-state index in [0.717, 1.165) is 23.2 Å². The average molecular weight is 561 g/mol. The Kier molecular flexibility index (Phi) is 9.12. The highest BCUT2D eigenvalue weighted by Gasteiger charge is 2.57. The molecule has 0 radical (unpaired) electrons. The predicted molar refractivity (Wildman–Crippen MR) is 157 cm³/mol. The first-order chi connectivity index (χ1) is 19.7. The van der Waals surface area contributed by atoms with E-state index >= 15 is 0 Å². The standard InChI is InChI=1S/C33H44N4O4/c1-21-27-16-25(33(27,3)4)17-28(21)36-32(40)31-30(22(2)39)29(20-38)41-37(31)19-24-10-7-9-23(15-24)11-8-13-34-18-26-12-5-6-14-35-26/h5-7,9-10,12,14-15,21-22,25,27-31,34,38-39H,13,16-20H2,1-4H3,(H,36,40)/t21-,22-,25+,27-,28-,29-,30?,31-/m0/s1. The maximum Gasteiger partial charge on any atom is 0.240 e. The summed E-state index contributed by atoms with van der Waals surface area (Å²) in [5, 5.41) is 29.0. The number of hydrogen-bond acceptors (Lipinski definition) is 7. The van der Waals surface area contributed by atoms with Crippen molar-refractivity contribution in [2.45, 2.75) is 77.9 Å². The van der Waals surface area contributed by atoms with E-state index in [1.165, 1.54) is 6.42 Å². The molecule has 2 heterocycles. The van der Waals surface area contributed by atoms with Crippen LogP contribution in [0.2, 0.25) is 0 Å². The minimum atomic E-state index is -0.820. The molecule has 8 atom stereocenters. The molecule has 1 saturated heterocycles. The number of nitrogens with one attached hydrogen (secondary N) is 2. The second-order valence-corrected chi connectivity index (χ2v) is 12.7. The zero-order valence-electron chi connectivity index (χ0n) is 24.6. The van der Waals surface area contributed by atoms with Gasteiger partial charge in [-0.2, -0.15) is 5.06 Å². The molecule has 4 fully saturated rings. The Balaban J connectivity index is 1.25. The van der Waals surface area contributed by atoms with E-state index in [2.05, 4.69) is 48.2 Å². The molecule has 6 rings (SSSR count). The summed E-state index contributed by atoms with van der Waals surface area (Å²) in [6.07, 6.45) is 2.51. The normalized spacial score (nSPS) is 31.0. The third-order valence-electron chi connectivity index (χ3n) is 9.81. The van der Waals surface area contributed by atoms with Gasteiger partial charge in [-0.25, -0.2) is 0 Å². The highest BCUT2D eigenvalue weighted by Crippen LogP contribution is 2.61. The lowest BCUT2D eigenvalue weighted by Crippen LogP contribution is -2.62. The Bertz CT molecular complexity index is 1260. The molecule has 8 heteroatoms. The largest absolute Gasteiger partial charge is 0.394 e. The number of aromatic nitrogens is 1. The number of rotatable bonds is 9. The molecular weight excluding hydrogens is 516 g/mol. The first-order valence-electron chi connectivity index (χ1n) is 14.9. The lowest BCUT2D eigenvalue weighted by molar-refractivity contribution is -0.183. The van der Waals surface area contributed by atoms with Crippen LogP contribution in [0.1, 0.15) is 57.4 Å². The number of hydroxylamine groups is 2. The van der Waals surface area contributed by atoms with E-state index in [4.69, 9.17) is 4.84 Å². The zero-order chi connectivity index (χ0) is 29.1. The van der Waals surface area contributed by atoms with Gasteiger partial charge in [0.1, 0.15) is 12.1 Å². The first-order valence-corrected chi connectivity index (χ1v) is 14.9. The van der Waals surface area contributed by atoms with Crippen LogP contribution in [-0.2, 0) is 22.7 Å². The van der Waals surface area contributed by atoms with Gasteiger partial charge in [0.25, 0.3) is 0 Å². The third-order valence-corrected chi connectivity index (χ3v) is 9.81. The van der Waals surface area contributed by atoms with Crippen LogP contribution in [0.5, 0.6) is 0 Å². The molecule has 3 saturated carbocycles. The predicted octanol–water partition coefficient (Wildman–Crippen LogP) is 2.88. The second-order valence-electron chi connectivity index (χ2n) is 12.7. The third kappa shape index (κ3) is 6.35. The molecule has 220 valence electrons. The summed E-state index contributed by atoms with van der Waals surface area (Å²) in [4.78, 5) is 24.2. The van der Waals surface area contributed by atoms with Crippen molar-refractivity contribution in [2.24, 2.45) is 29.1 Å². The molecule has 1 aromatic heterocycles. The number of hydrogen-bond donors (Lipinski definition) is 4.